The van der Waals surface area contributed by atoms with Crippen molar-refractivity contribution in [1.29, 1.82) is 0 Å². The van der Waals surface area contributed by atoms with Gasteiger partial charge in [0.1, 0.15) is 0 Å². The third kappa shape index (κ3) is 5.08. The smallest absolute Gasteiger partial charge is 0.0294 e. The van der Waals surface area contributed by atoms with Crippen molar-refractivity contribution >= 4 is 15.9 Å². The molecular formula is C18H29BrN2. The molecule has 2 nitrogen and oxygen atoms in total. The van der Waals surface area contributed by atoms with E-state index in [4.69, 9.17) is 0 Å². The number of halogens is 1. The minimum absolute atomic E-state index is 0.412. The molecule has 0 radical (unpaired) electrons. The number of hydrogen-bond donors (Lipinski definition) is 1. The largest absolute Gasteiger partial charge is 0.307 e. The summed E-state index contributed by atoms with van der Waals surface area (Å²) in [6.45, 7) is 10.7. The lowest BCUT2D eigenvalue weighted by Gasteiger charge is -2.37. The molecule has 0 aromatic heterocycles. The van der Waals surface area contributed by atoms with E-state index in [1.54, 1.807) is 0 Å². The monoisotopic (exact) mass is 352 g/mol. The number of nitrogens with zero attached hydrogens (tertiary/aromatic N) is 1. The van der Waals surface area contributed by atoms with Gasteiger partial charge in [0, 0.05) is 23.1 Å². The van der Waals surface area contributed by atoms with E-state index >= 15 is 0 Å². The minimum Gasteiger partial charge on any atom is -0.307 e. The van der Waals surface area contributed by atoms with Gasteiger partial charge in [-0.2, -0.15) is 0 Å². The molecule has 3 unspecified atom stereocenters. The highest BCUT2D eigenvalue weighted by Gasteiger charge is 2.25. The molecule has 0 aliphatic carbocycles. The fourth-order valence-corrected chi connectivity index (χ4v) is 3.66. The lowest BCUT2D eigenvalue weighted by molar-refractivity contribution is 0.147. The predicted octanol–water partition coefficient (Wildman–Crippen LogP) is 4.61. The van der Waals surface area contributed by atoms with Crippen molar-refractivity contribution < 1.29 is 0 Å². The Bertz CT molecular complexity index is 416. The first kappa shape index (κ1) is 17.0. The van der Waals surface area contributed by atoms with E-state index < -0.39 is 0 Å². The van der Waals surface area contributed by atoms with Crippen LogP contribution in [-0.4, -0.2) is 30.6 Å². The average molecular weight is 353 g/mol. The zero-order chi connectivity index (χ0) is 15.2. The van der Waals surface area contributed by atoms with Crippen LogP contribution in [0.3, 0.4) is 0 Å². The summed E-state index contributed by atoms with van der Waals surface area (Å²) in [7, 11) is 0. The third-order valence-electron chi connectivity index (χ3n) is 4.67. The van der Waals surface area contributed by atoms with Gasteiger partial charge < -0.3 is 10.2 Å². The molecule has 0 saturated carbocycles. The molecule has 2 rings (SSSR count). The maximum atomic E-state index is 3.81. The van der Waals surface area contributed by atoms with Crippen molar-refractivity contribution in [2.75, 3.05) is 19.6 Å². The van der Waals surface area contributed by atoms with Crippen LogP contribution >= 0.6 is 15.9 Å². The maximum absolute atomic E-state index is 3.81. The first-order chi connectivity index (χ1) is 10.1. The van der Waals surface area contributed by atoms with E-state index in [-0.39, 0.29) is 0 Å². The van der Waals surface area contributed by atoms with Gasteiger partial charge in [-0.25, -0.2) is 0 Å². The fourth-order valence-electron chi connectivity index (χ4n) is 3.40. The maximum Gasteiger partial charge on any atom is 0.0294 e. The van der Waals surface area contributed by atoms with Crippen LogP contribution in [0, 0.1) is 5.92 Å². The molecule has 3 heteroatoms. The summed E-state index contributed by atoms with van der Waals surface area (Å²) in [5.41, 5.74) is 1.37. The molecule has 1 aromatic carbocycles. The van der Waals surface area contributed by atoms with E-state index in [9.17, 15) is 0 Å². The Hall–Kier alpha value is -0.380. The number of nitrogens with one attached hydrogen (secondary N) is 1. The summed E-state index contributed by atoms with van der Waals surface area (Å²) in [5.74, 6) is 0.781. The predicted molar refractivity (Wildman–Crippen MR) is 94.6 cm³/mol. The van der Waals surface area contributed by atoms with E-state index in [1.165, 1.54) is 44.5 Å². The minimum atomic E-state index is 0.412. The quantitative estimate of drug-likeness (QED) is 0.803. The molecule has 1 aromatic rings. The molecule has 1 aliphatic rings. The molecule has 0 amide bonds. The second-order valence-electron chi connectivity index (χ2n) is 6.43. The molecule has 1 aliphatic heterocycles. The van der Waals surface area contributed by atoms with Crippen LogP contribution in [-0.2, 0) is 0 Å². The van der Waals surface area contributed by atoms with Crippen molar-refractivity contribution in [3.05, 3.63) is 34.3 Å². The second-order valence-corrected chi connectivity index (χ2v) is 7.35. The lowest BCUT2D eigenvalue weighted by atomic mass is 9.90. The molecule has 118 valence electrons. The van der Waals surface area contributed by atoms with Gasteiger partial charge in [-0.15, -0.1) is 0 Å². The highest BCUT2D eigenvalue weighted by atomic mass is 79.9. The number of benzene rings is 1. The highest BCUT2D eigenvalue weighted by Crippen LogP contribution is 2.23. The van der Waals surface area contributed by atoms with Gasteiger partial charge in [0.25, 0.3) is 0 Å². The molecule has 1 N–H and O–H groups in total. The topological polar surface area (TPSA) is 15.3 Å². The summed E-state index contributed by atoms with van der Waals surface area (Å²) in [4.78, 5) is 2.64. The summed E-state index contributed by atoms with van der Waals surface area (Å²) in [5, 5.41) is 3.81. The lowest BCUT2D eigenvalue weighted by Crippen LogP contribution is -2.45. The molecule has 21 heavy (non-hydrogen) atoms. The van der Waals surface area contributed by atoms with Crippen LogP contribution in [0.25, 0.3) is 0 Å². The Morgan fingerprint density at radius 2 is 2.00 bits per heavy atom. The number of likely N-dealkylation sites (tertiary alicyclic amines) is 1. The summed E-state index contributed by atoms with van der Waals surface area (Å²) >= 11 is 3.50. The molecule has 1 saturated heterocycles. The van der Waals surface area contributed by atoms with Crippen LogP contribution in [0.1, 0.15) is 51.6 Å². The Labute approximate surface area is 138 Å². The number of rotatable bonds is 6. The van der Waals surface area contributed by atoms with Gasteiger partial charge in [0.15, 0.2) is 0 Å². The summed E-state index contributed by atoms with van der Waals surface area (Å²) < 4.78 is 1.15. The zero-order valence-corrected chi connectivity index (χ0v) is 15.2. The molecule has 1 heterocycles. The van der Waals surface area contributed by atoms with Crippen LogP contribution in [0.15, 0.2) is 28.7 Å². The van der Waals surface area contributed by atoms with Crippen LogP contribution in [0.4, 0.5) is 0 Å². The van der Waals surface area contributed by atoms with Gasteiger partial charge in [-0.3, -0.25) is 0 Å². The molecule has 0 spiro atoms. The van der Waals surface area contributed by atoms with Gasteiger partial charge in [-0.1, -0.05) is 35.0 Å². The SMILES string of the molecule is CCCN1CCCC(C(C)NC(C)c2ccc(Br)cc2)C1. The van der Waals surface area contributed by atoms with Crippen molar-refractivity contribution in [2.24, 2.45) is 5.92 Å². The van der Waals surface area contributed by atoms with Crippen molar-refractivity contribution in [2.45, 2.75) is 52.1 Å². The van der Waals surface area contributed by atoms with Gasteiger partial charge in [0.2, 0.25) is 0 Å². The van der Waals surface area contributed by atoms with Gasteiger partial charge in [0.05, 0.1) is 0 Å². The van der Waals surface area contributed by atoms with Crippen molar-refractivity contribution in [1.82, 2.24) is 10.2 Å². The van der Waals surface area contributed by atoms with Gasteiger partial charge >= 0.3 is 0 Å². The Morgan fingerprint density at radius 1 is 1.29 bits per heavy atom. The van der Waals surface area contributed by atoms with E-state index in [1.807, 2.05) is 0 Å². The van der Waals surface area contributed by atoms with E-state index in [0.717, 1.165) is 10.4 Å². The molecule has 1 fully saturated rings. The first-order valence-electron chi connectivity index (χ1n) is 8.34. The van der Waals surface area contributed by atoms with E-state index in [0.29, 0.717) is 12.1 Å². The Morgan fingerprint density at radius 3 is 2.67 bits per heavy atom. The molecule has 3 atom stereocenters. The van der Waals surface area contributed by atoms with Gasteiger partial charge in [-0.05, 0) is 69.8 Å². The Kier molecular flexibility index (Phi) is 6.72. The van der Waals surface area contributed by atoms with Crippen LogP contribution < -0.4 is 5.32 Å². The van der Waals surface area contributed by atoms with Crippen molar-refractivity contribution in [3.8, 4) is 0 Å². The molecule has 0 bridgehead atoms. The number of hydrogen-bond acceptors (Lipinski definition) is 2. The standard InChI is InChI=1S/C18H29BrN2/c1-4-11-21-12-5-6-17(13-21)15(3)20-14(2)16-7-9-18(19)10-8-16/h7-10,14-15,17,20H,4-6,11-13H2,1-3H3. The van der Waals surface area contributed by atoms with E-state index in [2.05, 4.69) is 71.2 Å². The first-order valence-corrected chi connectivity index (χ1v) is 9.13. The highest BCUT2D eigenvalue weighted by molar-refractivity contribution is 9.10. The fraction of sp³-hybridized carbons (Fsp3) is 0.667. The second kappa shape index (κ2) is 8.30. The summed E-state index contributed by atoms with van der Waals surface area (Å²) in [6.07, 6.45) is 3.98. The summed E-state index contributed by atoms with van der Waals surface area (Å²) in [6, 6.07) is 9.65. The van der Waals surface area contributed by atoms with Crippen molar-refractivity contribution in [3.63, 3.8) is 0 Å². The van der Waals surface area contributed by atoms with Crippen LogP contribution in [0.2, 0.25) is 0 Å². The molecular weight excluding hydrogens is 324 g/mol. The zero-order valence-electron chi connectivity index (χ0n) is 13.6. The normalized spacial score (nSPS) is 23.0. The average Bonchev–Trinajstić information content (AvgIpc) is 2.48. The third-order valence-corrected chi connectivity index (χ3v) is 5.20. The Balaban J connectivity index is 1.88. The van der Waals surface area contributed by atoms with Crippen LogP contribution in [0.5, 0.6) is 0 Å². The number of piperidine rings is 1.